The van der Waals surface area contributed by atoms with Crippen LogP contribution in [0.25, 0.3) is 5.69 Å². The minimum absolute atomic E-state index is 0.0419. The number of ether oxygens (including phenoxy) is 1. The quantitative estimate of drug-likeness (QED) is 0.845. The van der Waals surface area contributed by atoms with Gasteiger partial charge in [-0.05, 0) is 35.9 Å². The van der Waals surface area contributed by atoms with Gasteiger partial charge in [-0.1, -0.05) is 0 Å². The van der Waals surface area contributed by atoms with Gasteiger partial charge < -0.3 is 4.74 Å². The van der Waals surface area contributed by atoms with Gasteiger partial charge in [0.05, 0.1) is 0 Å². The molecule has 0 saturated heterocycles. The van der Waals surface area contributed by atoms with Crippen LogP contribution in [-0.2, 0) is 7.05 Å². The molecule has 1 atom stereocenters. The first-order valence-corrected chi connectivity index (χ1v) is 5.96. The Labute approximate surface area is 113 Å². The molecule has 8 heteroatoms. The van der Waals surface area contributed by atoms with E-state index in [2.05, 4.69) is 10.4 Å². The first-order valence-electron chi connectivity index (χ1n) is 5.96. The topological polar surface area (TPSA) is 61.9 Å². The molecule has 2 rings (SSSR count). The Morgan fingerprint density at radius 2 is 2.10 bits per heavy atom. The number of hydrogen-bond donors (Lipinski definition) is 0. The highest BCUT2D eigenvalue weighted by molar-refractivity contribution is 5.48. The molecule has 1 aromatic carbocycles. The Balaban J connectivity index is 2.52. The summed E-state index contributed by atoms with van der Waals surface area (Å²) in [6, 6.07) is 2.51. The van der Waals surface area contributed by atoms with Crippen molar-refractivity contribution >= 4 is 0 Å². The highest BCUT2D eigenvalue weighted by Crippen LogP contribution is 2.25. The number of aromatic nitrogens is 4. The smallest absolute Gasteiger partial charge is 0.368 e. The number of halogens is 2. The van der Waals surface area contributed by atoms with Gasteiger partial charge in [-0.3, -0.25) is 0 Å². The average molecular weight is 284 g/mol. The van der Waals surface area contributed by atoms with Gasteiger partial charge in [-0.15, -0.1) is 0 Å². The molecule has 0 amide bonds. The van der Waals surface area contributed by atoms with Gasteiger partial charge in [0.2, 0.25) is 0 Å². The molecule has 0 aliphatic heterocycles. The molecule has 0 aliphatic rings. The molecule has 20 heavy (non-hydrogen) atoms. The van der Waals surface area contributed by atoms with Gasteiger partial charge in [0.25, 0.3) is 0 Å². The number of tetrazole rings is 1. The molecular formula is C12H14F2N4O2. The van der Waals surface area contributed by atoms with E-state index in [0.717, 1.165) is 15.4 Å². The summed E-state index contributed by atoms with van der Waals surface area (Å²) in [5.41, 5.74) is 0.0370. The summed E-state index contributed by atoms with van der Waals surface area (Å²) in [5.74, 6) is -0.465. The fraction of sp³-hybridized carbons (Fsp3) is 0.417. The second-order valence-electron chi connectivity index (χ2n) is 4.46. The predicted octanol–water partition coefficient (Wildman–Crippen LogP) is 1.15. The van der Waals surface area contributed by atoms with Crippen LogP contribution in [0.5, 0.6) is 5.75 Å². The Bertz CT molecular complexity index is 679. The number of alkyl halides is 1. The molecule has 0 saturated carbocycles. The van der Waals surface area contributed by atoms with E-state index < -0.39 is 17.7 Å². The molecule has 1 heterocycles. The van der Waals surface area contributed by atoms with Crippen LogP contribution >= 0.6 is 0 Å². The van der Waals surface area contributed by atoms with Crippen molar-refractivity contribution in [1.29, 1.82) is 0 Å². The van der Waals surface area contributed by atoms with E-state index in [-0.39, 0.29) is 18.0 Å². The first kappa shape index (κ1) is 14.2. The molecule has 1 aromatic heterocycles. The Hall–Kier alpha value is -2.25. The third-order valence-corrected chi connectivity index (χ3v) is 2.66. The van der Waals surface area contributed by atoms with Gasteiger partial charge in [0.1, 0.15) is 30.0 Å². The molecule has 0 fully saturated rings. The summed E-state index contributed by atoms with van der Waals surface area (Å²) < 4.78 is 33.7. The number of rotatable bonds is 4. The van der Waals surface area contributed by atoms with Crippen LogP contribution in [0, 0.1) is 12.7 Å². The standard InChI is InChI=1S/C12H14F2N4O2/c1-7-4-10(18-12(19)17(3)15-16-18)11(5-9(7)14)20-6-8(2)13/h4-5,8H,6H2,1-3H3/t8-/m1/s1. The predicted molar refractivity (Wildman–Crippen MR) is 67.4 cm³/mol. The number of hydrogen-bond acceptors (Lipinski definition) is 4. The van der Waals surface area contributed by atoms with Crippen LogP contribution < -0.4 is 10.4 Å². The summed E-state index contributed by atoms with van der Waals surface area (Å²) >= 11 is 0. The van der Waals surface area contributed by atoms with Gasteiger partial charge in [0.15, 0.2) is 0 Å². The van der Waals surface area contributed by atoms with Gasteiger partial charge in [0, 0.05) is 13.1 Å². The lowest BCUT2D eigenvalue weighted by Gasteiger charge is -2.12. The maximum atomic E-state index is 13.6. The average Bonchev–Trinajstić information content (AvgIpc) is 2.71. The van der Waals surface area contributed by atoms with E-state index in [9.17, 15) is 13.6 Å². The molecule has 108 valence electrons. The Morgan fingerprint density at radius 3 is 2.65 bits per heavy atom. The maximum Gasteiger partial charge on any atom is 0.368 e. The molecule has 2 aromatic rings. The summed E-state index contributed by atoms with van der Waals surface area (Å²) in [4.78, 5) is 11.8. The first-order chi connectivity index (χ1) is 9.40. The van der Waals surface area contributed by atoms with Crippen LogP contribution in [-0.4, -0.2) is 32.6 Å². The minimum Gasteiger partial charge on any atom is -0.488 e. The Kier molecular flexibility index (Phi) is 3.82. The van der Waals surface area contributed by atoms with E-state index in [4.69, 9.17) is 4.74 Å². The van der Waals surface area contributed by atoms with Crippen LogP contribution in [0.3, 0.4) is 0 Å². The highest BCUT2D eigenvalue weighted by atomic mass is 19.1. The lowest BCUT2D eigenvalue weighted by atomic mass is 10.2. The Morgan fingerprint density at radius 1 is 1.40 bits per heavy atom. The van der Waals surface area contributed by atoms with Gasteiger partial charge >= 0.3 is 5.69 Å². The zero-order chi connectivity index (χ0) is 14.9. The third-order valence-electron chi connectivity index (χ3n) is 2.66. The van der Waals surface area contributed by atoms with Crippen molar-refractivity contribution < 1.29 is 13.5 Å². The number of nitrogens with zero attached hydrogens (tertiary/aromatic N) is 4. The summed E-state index contributed by atoms with van der Waals surface area (Å²) in [7, 11) is 1.44. The molecule has 6 nitrogen and oxygen atoms in total. The normalized spacial score (nSPS) is 12.4. The van der Waals surface area contributed by atoms with Crippen molar-refractivity contribution in [3.05, 3.63) is 34.0 Å². The highest BCUT2D eigenvalue weighted by Gasteiger charge is 2.16. The largest absolute Gasteiger partial charge is 0.488 e. The minimum atomic E-state index is -1.22. The zero-order valence-corrected chi connectivity index (χ0v) is 11.3. The molecular weight excluding hydrogens is 270 g/mol. The van der Waals surface area contributed by atoms with Gasteiger partial charge in [-0.2, -0.15) is 9.36 Å². The SMILES string of the molecule is Cc1cc(-n2nnn(C)c2=O)c(OC[C@@H](C)F)cc1F. The molecule has 0 radical (unpaired) electrons. The fourth-order valence-corrected chi connectivity index (χ4v) is 1.60. The second kappa shape index (κ2) is 5.40. The summed E-state index contributed by atoms with van der Waals surface area (Å²) in [6.07, 6.45) is -1.22. The molecule has 0 spiro atoms. The van der Waals surface area contributed by atoms with E-state index in [1.165, 1.54) is 20.0 Å². The van der Waals surface area contributed by atoms with E-state index in [0.29, 0.717) is 5.56 Å². The van der Waals surface area contributed by atoms with Crippen molar-refractivity contribution in [2.24, 2.45) is 7.05 Å². The van der Waals surface area contributed by atoms with Crippen LogP contribution in [0.15, 0.2) is 16.9 Å². The molecule has 0 unspecified atom stereocenters. The van der Waals surface area contributed by atoms with Crippen molar-refractivity contribution in [3.8, 4) is 11.4 Å². The number of aryl methyl sites for hydroxylation is 2. The van der Waals surface area contributed by atoms with E-state index >= 15 is 0 Å². The zero-order valence-electron chi connectivity index (χ0n) is 11.3. The molecule has 0 bridgehead atoms. The molecule has 0 N–H and O–H groups in total. The molecule has 0 aliphatic carbocycles. The van der Waals surface area contributed by atoms with E-state index in [1.54, 1.807) is 6.92 Å². The van der Waals surface area contributed by atoms with Crippen molar-refractivity contribution in [2.45, 2.75) is 20.0 Å². The summed E-state index contributed by atoms with van der Waals surface area (Å²) in [5, 5.41) is 7.24. The maximum absolute atomic E-state index is 13.6. The van der Waals surface area contributed by atoms with E-state index in [1.807, 2.05) is 0 Å². The fourth-order valence-electron chi connectivity index (χ4n) is 1.60. The monoisotopic (exact) mass is 284 g/mol. The van der Waals surface area contributed by atoms with Crippen molar-refractivity contribution in [2.75, 3.05) is 6.61 Å². The van der Waals surface area contributed by atoms with Crippen LogP contribution in [0.4, 0.5) is 8.78 Å². The number of benzene rings is 1. The van der Waals surface area contributed by atoms with Crippen LogP contribution in [0.2, 0.25) is 0 Å². The van der Waals surface area contributed by atoms with Gasteiger partial charge in [-0.25, -0.2) is 13.6 Å². The van der Waals surface area contributed by atoms with Crippen molar-refractivity contribution in [3.63, 3.8) is 0 Å². The van der Waals surface area contributed by atoms with Crippen LogP contribution in [0.1, 0.15) is 12.5 Å². The lowest BCUT2D eigenvalue weighted by molar-refractivity contribution is 0.208. The summed E-state index contributed by atoms with van der Waals surface area (Å²) in [6.45, 7) is 2.62. The second-order valence-corrected chi connectivity index (χ2v) is 4.46. The van der Waals surface area contributed by atoms with Crippen molar-refractivity contribution in [1.82, 2.24) is 19.8 Å². The lowest BCUT2D eigenvalue weighted by Crippen LogP contribution is -2.23. The third kappa shape index (κ3) is 2.68.